The van der Waals surface area contributed by atoms with Crippen LogP contribution in [0.3, 0.4) is 0 Å². The van der Waals surface area contributed by atoms with Crippen LogP contribution >= 0.6 is 0 Å². The summed E-state index contributed by atoms with van der Waals surface area (Å²) in [6.45, 7) is 4.35. The van der Waals surface area contributed by atoms with Crippen molar-refractivity contribution >= 4 is 5.95 Å². The van der Waals surface area contributed by atoms with Crippen LogP contribution < -0.4 is 5.73 Å². The van der Waals surface area contributed by atoms with Crippen molar-refractivity contribution in [3.8, 4) is 0 Å². The van der Waals surface area contributed by atoms with Crippen LogP contribution in [0.15, 0.2) is 0 Å². The lowest BCUT2D eigenvalue weighted by Crippen LogP contribution is -2.16. The van der Waals surface area contributed by atoms with Gasteiger partial charge in [0.15, 0.2) is 0 Å². The highest BCUT2D eigenvalue weighted by Crippen LogP contribution is 2.34. The van der Waals surface area contributed by atoms with Crippen molar-refractivity contribution in [2.45, 2.75) is 51.9 Å². The molecule has 16 heavy (non-hydrogen) atoms. The lowest BCUT2D eigenvalue weighted by Gasteiger charge is -2.25. The number of nitrogens with zero attached hydrogens (tertiary/aromatic N) is 3. The molecule has 2 unspecified atom stereocenters. The Morgan fingerprint density at radius 2 is 2.06 bits per heavy atom. The highest BCUT2D eigenvalue weighted by molar-refractivity contribution is 5.17. The van der Waals surface area contributed by atoms with Crippen LogP contribution in [-0.2, 0) is 6.42 Å². The summed E-state index contributed by atoms with van der Waals surface area (Å²) < 4.78 is 0. The maximum atomic E-state index is 5.71. The number of aryl methyl sites for hydroxylation is 1. The zero-order valence-electron chi connectivity index (χ0n) is 10.1. The van der Waals surface area contributed by atoms with E-state index in [-0.39, 0.29) is 0 Å². The highest BCUT2D eigenvalue weighted by atomic mass is 15.1. The number of anilines is 1. The number of nitrogens with two attached hydrogens (primary N) is 1. The maximum Gasteiger partial charge on any atom is 0.223 e. The van der Waals surface area contributed by atoms with E-state index >= 15 is 0 Å². The van der Waals surface area contributed by atoms with Crippen molar-refractivity contribution in [3.05, 3.63) is 11.6 Å². The Morgan fingerprint density at radius 3 is 2.75 bits per heavy atom. The molecule has 2 atom stereocenters. The van der Waals surface area contributed by atoms with Gasteiger partial charge in [-0.2, -0.15) is 9.97 Å². The molecule has 0 saturated heterocycles. The lowest BCUT2D eigenvalue weighted by atomic mass is 9.82. The van der Waals surface area contributed by atoms with E-state index in [1.54, 1.807) is 0 Å². The average Bonchev–Trinajstić information content (AvgIpc) is 2.28. The normalized spacial score (nSPS) is 25.6. The maximum absolute atomic E-state index is 5.71. The van der Waals surface area contributed by atoms with Crippen LogP contribution in [0.5, 0.6) is 0 Å². The number of aromatic nitrogens is 3. The summed E-state index contributed by atoms with van der Waals surface area (Å²) in [5, 5.41) is 0. The summed E-state index contributed by atoms with van der Waals surface area (Å²) in [4.78, 5) is 12.9. The van der Waals surface area contributed by atoms with Crippen LogP contribution in [0.4, 0.5) is 5.95 Å². The predicted octanol–water partition coefficient (Wildman–Crippen LogP) is 2.31. The van der Waals surface area contributed by atoms with Crippen molar-refractivity contribution in [2.24, 2.45) is 5.92 Å². The minimum absolute atomic E-state index is 0.375. The summed E-state index contributed by atoms with van der Waals surface area (Å²) in [6, 6.07) is 0. The molecule has 1 saturated carbocycles. The Kier molecular flexibility index (Phi) is 3.36. The monoisotopic (exact) mass is 220 g/mol. The molecular weight excluding hydrogens is 200 g/mol. The summed E-state index contributed by atoms with van der Waals surface area (Å²) in [5.74, 6) is 3.37. The third kappa shape index (κ3) is 2.49. The van der Waals surface area contributed by atoms with Crippen LogP contribution in [0, 0.1) is 5.92 Å². The van der Waals surface area contributed by atoms with E-state index in [0.717, 1.165) is 24.0 Å². The fourth-order valence-corrected chi connectivity index (χ4v) is 2.47. The zero-order valence-corrected chi connectivity index (χ0v) is 10.1. The average molecular weight is 220 g/mol. The standard InChI is InChI=1S/C12H20N4/c1-3-10-14-11(16-12(13)15-10)9-6-4-5-8(2)7-9/h8-9H,3-7H2,1-2H3,(H2,13,14,15,16). The molecule has 1 aromatic rings. The van der Waals surface area contributed by atoms with Crippen LogP contribution in [0.25, 0.3) is 0 Å². The third-order valence-electron chi connectivity index (χ3n) is 3.33. The second-order valence-electron chi connectivity index (χ2n) is 4.79. The number of rotatable bonds is 2. The fourth-order valence-electron chi connectivity index (χ4n) is 2.47. The molecule has 1 aromatic heterocycles. The minimum Gasteiger partial charge on any atom is -0.368 e. The summed E-state index contributed by atoms with van der Waals surface area (Å²) in [5.41, 5.74) is 5.71. The Hall–Kier alpha value is -1.19. The van der Waals surface area contributed by atoms with Gasteiger partial charge in [0.25, 0.3) is 0 Å². The first-order valence-corrected chi connectivity index (χ1v) is 6.19. The lowest BCUT2D eigenvalue weighted by molar-refractivity contribution is 0.334. The molecule has 1 fully saturated rings. The Labute approximate surface area is 96.7 Å². The third-order valence-corrected chi connectivity index (χ3v) is 3.33. The first kappa shape index (κ1) is 11.3. The summed E-state index contributed by atoms with van der Waals surface area (Å²) in [6.07, 6.45) is 5.81. The molecule has 4 heteroatoms. The van der Waals surface area contributed by atoms with Gasteiger partial charge in [-0.3, -0.25) is 0 Å². The molecule has 2 rings (SSSR count). The first-order chi connectivity index (χ1) is 7.69. The molecule has 0 radical (unpaired) electrons. The minimum atomic E-state index is 0.375. The molecule has 1 aliphatic carbocycles. The highest BCUT2D eigenvalue weighted by Gasteiger charge is 2.23. The van der Waals surface area contributed by atoms with Gasteiger partial charge in [-0.15, -0.1) is 0 Å². The van der Waals surface area contributed by atoms with E-state index in [4.69, 9.17) is 5.73 Å². The van der Waals surface area contributed by atoms with Gasteiger partial charge >= 0.3 is 0 Å². The molecule has 0 aromatic carbocycles. The molecule has 0 bridgehead atoms. The molecule has 4 nitrogen and oxygen atoms in total. The Bertz CT molecular complexity index is 364. The topological polar surface area (TPSA) is 64.7 Å². The van der Waals surface area contributed by atoms with Gasteiger partial charge in [0.2, 0.25) is 5.95 Å². The fraction of sp³-hybridized carbons (Fsp3) is 0.750. The van der Waals surface area contributed by atoms with Gasteiger partial charge < -0.3 is 5.73 Å². The Balaban J connectivity index is 2.21. The predicted molar refractivity (Wildman–Crippen MR) is 64.0 cm³/mol. The number of nitrogen functional groups attached to an aromatic ring is 1. The second kappa shape index (κ2) is 4.76. The quantitative estimate of drug-likeness (QED) is 0.830. The van der Waals surface area contributed by atoms with Crippen molar-refractivity contribution in [3.63, 3.8) is 0 Å². The molecule has 0 spiro atoms. The van der Waals surface area contributed by atoms with Gasteiger partial charge in [-0.25, -0.2) is 4.98 Å². The van der Waals surface area contributed by atoms with E-state index in [2.05, 4.69) is 21.9 Å². The SMILES string of the molecule is CCc1nc(N)nc(C2CCCC(C)C2)n1. The van der Waals surface area contributed by atoms with Crippen molar-refractivity contribution in [1.82, 2.24) is 15.0 Å². The Morgan fingerprint density at radius 1 is 1.25 bits per heavy atom. The van der Waals surface area contributed by atoms with E-state index in [1.807, 2.05) is 6.92 Å². The van der Waals surface area contributed by atoms with Gasteiger partial charge in [0.05, 0.1) is 0 Å². The van der Waals surface area contributed by atoms with Crippen molar-refractivity contribution < 1.29 is 0 Å². The van der Waals surface area contributed by atoms with Gasteiger partial charge in [0.1, 0.15) is 11.6 Å². The van der Waals surface area contributed by atoms with Crippen LogP contribution in [-0.4, -0.2) is 15.0 Å². The largest absolute Gasteiger partial charge is 0.368 e. The van der Waals surface area contributed by atoms with E-state index < -0.39 is 0 Å². The molecule has 0 aliphatic heterocycles. The summed E-state index contributed by atoms with van der Waals surface area (Å²) >= 11 is 0. The van der Waals surface area contributed by atoms with Crippen LogP contribution in [0.1, 0.15) is 57.1 Å². The molecule has 1 aliphatic rings. The summed E-state index contributed by atoms with van der Waals surface area (Å²) in [7, 11) is 0. The van der Waals surface area contributed by atoms with Crippen molar-refractivity contribution in [2.75, 3.05) is 5.73 Å². The smallest absolute Gasteiger partial charge is 0.223 e. The van der Waals surface area contributed by atoms with E-state index in [9.17, 15) is 0 Å². The van der Waals surface area contributed by atoms with Crippen LogP contribution in [0.2, 0.25) is 0 Å². The van der Waals surface area contributed by atoms with Crippen molar-refractivity contribution in [1.29, 1.82) is 0 Å². The zero-order chi connectivity index (χ0) is 11.5. The van der Waals surface area contributed by atoms with Gasteiger partial charge in [-0.05, 0) is 18.8 Å². The van der Waals surface area contributed by atoms with Gasteiger partial charge in [-0.1, -0.05) is 26.7 Å². The van der Waals surface area contributed by atoms with E-state index in [0.29, 0.717) is 11.9 Å². The van der Waals surface area contributed by atoms with Gasteiger partial charge in [0, 0.05) is 12.3 Å². The first-order valence-electron chi connectivity index (χ1n) is 6.19. The number of hydrogen-bond acceptors (Lipinski definition) is 4. The van der Waals surface area contributed by atoms with E-state index in [1.165, 1.54) is 25.7 Å². The number of hydrogen-bond donors (Lipinski definition) is 1. The molecule has 2 N–H and O–H groups in total. The molecule has 88 valence electrons. The second-order valence-corrected chi connectivity index (χ2v) is 4.79. The molecule has 0 amide bonds. The molecular formula is C12H20N4. The molecule has 1 heterocycles.